The number of nitrogens with one attached hydrogen (secondary N) is 1. The van der Waals surface area contributed by atoms with Gasteiger partial charge >= 0.3 is 0 Å². The fourth-order valence-corrected chi connectivity index (χ4v) is 2.18. The standard InChI is InChI=1S/C14H12BrClFNO/c1-18-8-9-6-11(16)3-5-13(9)19-14-7-10(15)2-4-12(14)17/h2-7,18H,8H2,1H3. The number of hydrogen-bond acceptors (Lipinski definition) is 2. The van der Waals surface area contributed by atoms with Crippen molar-refractivity contribution in [3.05, 3.63) is 57.3 Å². The third kappa shape index (κ3) is 3.69. The molecule has 0 aliphatic heterocycles. The lowest BCUT2D eigenvalue weighted by molar-refractivity contribution is 0.436. The van der Waals surface area contributed by atoms with Gasteiger partial charge in [-0.1, -0.05) is 27.5 Å². The first-order chi connectivity index (χ1) is 9.10. The van der Waals surface area contributed by atoms with E-state index < -0.39 is 5.82 Å². The van der Waals surface area contributed by atoms with Gasteiger partial charge in [-0.15, -0.1) is 0 Å². The Hall–Kier alpha value is -1.10. The normalized spacial score (nSPS) is 10.5. The van der Waals surface area contributed by atoms with Crippen LogP contribution < -0.4 is 10.1 Å². The molecule has 0 atom stereocenters. The zero-order valence-electron chi connectivity index (χ0n) is 10.2. The largest absolute Gasteiger partial charge is 0.454 e. The van der Waals surface area contributed by atoms with Crippen LogP contribution in [0.3, 0.4) is 0 Å². The van der Waals surface area contributed by atoms with Gasteiger partial charge < -0.3 is 10.1 Å². The SMILES string of the molecule is CNCc1cc(Cl)ccc1Oc1cc(Br)ccc1F. The topological polar surface area (TPSA) is 21.3 Å². The van der Waals surface area contributed by atoms with Crippen LogP contribution in [0.15, 0.2) is 40.9 Å². The van der Waals surface area contributed by atoms with Crippen LogP contribution in [0, 0.1) is 5.82 Å². The Bertz CT molecular complexity index is 592. The van der Waals surface area contributed by atoms with Gasteiger partial charge in [0.2, 0.25) is 0 Å². The summed E-state index contributed by atoms with van der Waals surface area (Å²) in [5.74, 6) is 0.346. The van der Waals surface area contributed by atoms with E-state index in [4.69, 9.17) is 16.3 Å². The van der Waals surface area contributed by atoms with E-state index in [1.54, 1.807) is 30.3 Å². The number of benzene rings is 2. The Morgan fingerprint density at radius 1 is 1.21 bits per heavy atom. The number of rotatable bonds is 4. The maximum absolute atomic E-state index is 13.7. The zero-order chi connectivity index (χ0) is 13.8. The number of hydrogen-bond donors (Lipinski definition) is 1. The van der Waals surface area contributed by atoms with E-state index in [0.717, 1.165) is 10.0 Å². The predicted octanol–water partition coefficient (Wildman–Crippen LogP) is 4.75. The summed E-state index contributed by atoms with van der Waals surface area (Å²) in [6, 6.07) is 9.81. The molecule has 0 aromatic heterocycles. The Morgan fingerprint density at radius 3 is 2.74 bits per heavy atom. The van der Waals surface area contributed by atoms with E-state index in [-0.39, 0.29) is 5.75 Å². The minimum absolute atomic E-state index is 0.175. The molecule has 0 amide bonds. The van der Waals surface area contributed by atoms with E-state index in [0.29, 0.717) is 17.3 Å². The molecule has 0 saturated carbocycles. The van der Waals surface area contributed by atoms with Crippen LogP contribution in [0.5, 0.6) is 11.5 Å². The molecule has 0 saturated heterocycles. The van der Waals surface area contributed by atoms with Gasteiger partial charge in [-0.25, -0.2) is 4.39 Å². The summed E-state index contributed by atoms with van der Waals surface area (Å²) >= 11 is 9.24. The highest BCUT2D eigenvalue weighted by molar-refractivity contribution is 9.10. The van der Waals surface area contributed by atoms with Crippen LogP contribution in [0.1, 0.15) is 5.56 Å². The first kappa shape index (κ1) is 14.3. The molecule has 19 heavy (non-hydrogen) atoms. The van der Waals surface area contributed by atoms with Crippen molar-refractivity contribution in [2.45, 2.75) is 6.54 Å². The maximum Gasteiger partial charge on any atom is 0.165 e. The second kappa shape index (κ2) is 6.37. The predicted molar refractivity (Wildman–Crippen MR) is 78.4 cm³/mol. The highest BCUT2D eigenvalue weighted by Crippen LogP contribution is 2.31. The van der Waals surface area contributed by atoms with E-state index in [9.17, 15) is 4.39 Å². The van der Waals surface area contributed by atoms with Gasteiger partial charge in [0, 0.05) is 21.6 Å². The van der Waals surface area contributed by atoms with Crippen molar-refractivity contribution >= 4 is 27.5 Å². The summed E-state index contributed by atoms with van der Waals surface area (Å²) in [5, 5.41) is 3.64. The average Bonchev–Trinajstić information content (AvgIpc) is 2.37. The van der Waals surface area contributed by atoms with Gasteiger partial charge in [-0.3, -0.25) is 0 Å². The fraction of sp³-hybridized carbons (Fsp3) is 0.143. The minimum atomic E-state index is -0.409. The molecule has 0 aliphatic rings. The third-order valence-corrected chi connectivity index (χ3v) is 3.23. The number of ether oxygens (including phenoxy) is 1. The molecule has 0 radical (unpaired) electrons. The van der Waals surface area contributed by atoms with Crippen LogP contribution in [0.2, 0.25) is 5.02 Å². The molecule has 0 heterocycles. The van der Waals surface area contributed by atoms with Crippen LogP contribution >= 0.6 is 27.5 Å². The summed E-state index contributed by atoms with van der Waals surface area (Å²) in [4.78, 5) is 0. The Labute approximate surface area is 124 Å². The summed E-state index contributed by atoms with van der Waals surface area (Å²) in [6.07, 6.45) is 0. The molecule has 5 heteroatoms. The molecule has 0 fully saturated rings. The second-order valence-corrected chi connectivity index (χ2v) is 5.31. The maximum atomic E-state index is 13.7. The third-order valence-electron chi connectivity index (χ3n) is 2.50. The van der Waals surface area contributed by atoms with Gasteiger partial charge in [-0.2, -0.15) is 0 Å². The van der Waals surface area contributed by atoms with Crippen molar-refractivity contribution in [2.75, 3.05) is 7.05 Å². The molecule has 100 valence electrons. The van der Waals surface area contributed by atoms with Crippen molar-refractivity contribution in [2.24, 2.45) is 0 Å². The molecular formula is C14H12BrClFNO. The highest BCUT2D eigenvalue weighted by atomic mass is 79.9. The van der Waals surface area contributed by atoms with Crippen molar-refractivity contribution in [1.29, 1.82) is 0 Å². The first-order valence-corrected chi connectivity index (χ1v) is 6.83. The van der Waals surface area contributed by atoms with E-state index in [2.05, 4.69) is 21.2 Å². The van der Waals surface area contributed by atoms with Crippen molar-refractivity contribution in [1.82, 2.24) is 5.32 Å². The summed E-state index contributed by atoms with van der Waals surface area (Å²) in [6.45, 7) is 0.589. The van der Waals surface area contributed by atoms with Gasteiger partial charge in [0.25, 0.3) is 0 Å². The van der Waals surface area contributed by atoms with Crippen LogP contribution in [0.25, 0.3) is 0 Å². The smallest absolute Gasteiger partial charge is 0.165 e. The van der Waals surface area contributed by atoms with Crippen molar-refractivity contribution < 1.29 is 9.13 Å². The minimum Gasteiger partial charge on any atom is -0.454 e. The van der Waals surface area contributed by atoms with Crippen molar-refractivity contribution in [3.8, 4) is 11.5 Å². The summed E-state index contributed by atoms with van der Waals surface area (Å²) in [7, 11) is 1.82. The summed E-state index contributed by atoms with van der Waals surface area (Å²) in [5.41, 5.74) is 0.870. The van der Waals surface area contributed by atoms with Crippen molar-refractivity contribution in [3.63, 3.8) is 0 Å². The highest BCUT2D eigenvalue weighted by Gasteiger charge is 2.09. The van der Waals surface area contributed by atoms with Crippen LogP contribution in [0.4, 0.5) is 4.39 Å². The lowest BCUT2D eigenvalue weighted by atomic mass is 10.2. The fourth-order valence-electron chi connectivity index (χ4n) is 1.65. The summed E-state index contributed by atoms with van der Waals surface area (Å²) < 4.78 is 20.0. The van der Waals surface area contributed by atoms with Gasteiger partial charge in [0.05, 0.1) is 0 Å². The molecule has 2 nitrogen and oxygen atoms in total. The van der Waals surface area contributed by atoms with E-state index in [1.165, 1.54) is 6.07 Å². The molecule has 0 aliphatic carbocycles. The first-order valence-electron chi connectivity index (χ1n) is 5.66. The molecule has 0 unspecified atom stereocenters. The quantitative estimate of drug-likeness (QED) is 0.864. The Morgan fingerprint density at radius 2 is 2.00 bits per heavy atom. The van der Waals surface area contributed by atoms with Gasteiger partial charge in [-0.05, 0) is 43.4 Å². The van der Waals surface area contributed by atoms with E-state index >= 15 is 0 Å². The average molecular weight is 345 g/mol. The van der Waals surface area contributed by atoms with Crippen LogP contribution in [-0.4, -0.2) is 7.05 Å². The van der Waals surface area contributed by atoms with Gasteiger partial charge in [0.15, 0.2) is 11.6 Å². The molecule has 0 spiro atoms. The van der Waals surface area contributed by atoms with Crippen LogP contribution in [-0.2, 0) is 6.54 Å². The lowest BCUT2D eigenvalue weighted by Gasteiger charge is -2.12. The lowest BCUT2D eigenvalue weighted by Crippen LogP contribution is -2.06. The molecule has 1 N–H and O–H groups in total. The monoisotopic (exact) mass is 343 g/mol. The molecule has 0 bridgehead atoms. The molecule has 2 aromatic carbocycles. The van der Waals surface area contributed by atoms with E-state index in [1.807, 2.05) is 7.05 Å². The molecule has 2 rings (SSSR count). The number of halogens is 3. The Kier molecular flexibility index (Phi) is 4.80. The van der Waals surface area contributed by atoms with Gasteiger partial charge in [0.1, 0.15) is 5.75 Å². The molecule has 2 aromatic rings. The molecular weight excluding hydrogens is 333 g/mol. The Balaban J connectivity index is 2.34. The second-order valence-electron chi connectivity index (χ2n) is 3.96. The zero-order valence-corrected chi connectivity index (χ0v) is 12.6.